The summed E-state index contributed by atoms with van der Waals surface area (Å²) in [4.78, 5) is 14.3. The lowest BCUT2D eigenvalue weighted by molar-refractivity contribution is -0.131. The third kappa shape index (κ3) is 2.99. The van der Waals surface area contributed by atoms with Crippen LogP contribution in [0.2, 0.25) is 5.02 Å². The van der Waals surface area contributed by atoms with Crippen molar-refractivity contribution >= 4 is 17.5 Å². The van der Waals surface area contributed by atoms with Crippen molar-refractivity contribution in [2.24, 2.45) is 0 Å². The second-order valence-corrected chi connectivity index (χ2v) is 5.94. The van der Waals surface area contributed by atoms with Gasteiger partial charge >= 0.3 is 0 Å². The molecule has 1 aliphatic rings. The van der Waals surface area contributed by atoms with Crippen molar-refractivity contribution in [1.29, 1.82) is 0 Å². The average molecular weight is 323 g/mol. The van der Waals surface area contributed by atoms with E-state index in [9.17, 15) is 9.18 Å². The highest BCUT2D eigenvalue weighted by Crippen LogP contribution is 2.33. The Morgan fingerprint density at radius 1 is 1.50 bits per heavy atom. The van der Waals surface area contributed by atoms with Gasteiger partial charge in [-0.05, 0) is 37.5 Å². The van der Waals surface area contributed by atoms with Crippen molar-refractivity contribution in [1.82, 2.24) is 10.1 Å². The molecule has 4 nitrogen and oxygen atoms in total. The molecular formula is C16H16ClFN2O2. The van der Waals surface area contributed by atoms with Gasteiger partial charge in [0, 0.05) is 17.6 Å². The van der Waals surface area contributed by atoms with Crippen LogP contribution in [0.5, 0.6) is 0 Å². The van der Waals surface area contributed by atoms with Gasteiger partial charge in [0.1, 0.15) is 5.82 Å². The fourth-order valence-corrected chi connectivity index (χ4v) is 3.06. The highest BCUT2D eigenvalue weighted by atomic mass is 35.5. The van der Waals surface area contributed by atoms with Gasteiger partial charge in [0.15, 0.2) is 5.76 Å². The number of carbonyl (C=O) groups is 1. The molecule has 22 heavy (non-hydrogen) atoms. The second-order valence-electron chi connectivity index (χ2n) is 5.53. The summed E-state index contributed by atoms with van der Waals surface area (Å²) in [7, 11) is 0. The highest BCUT2D eigenvalue weighted by Gasteiger charge is 2.32. The summed E-state index contributed by atoms with van der Waals surface area (Å²) in [5.74, 6) is 0.274. The zero-order chi connectivity index (χ0) is 15.7. The number of halogens is 2. The zero-order valence-electron chi connectivity index (χ0n) is 12.2. The van der Waals surface area contributed by atoms with Crippen molar-refractivity contribution < 1.29 is 13.7 Å². The third-order valence-corrected chi connectivity index (χ3v) is 4.26. The minimum atomic E-state index is -0.405. The predicted octanol–water partition coefficient (Wildman–Crippen LogP) is 3.68. The molecular weight excluding hydrogens is 307 g/mol. The van der Waals surface area contributed by atoms with Gasteiger partial charge in [0.05, 0.1) is 18.2 Å². The molecule has 0 saturated carbocycles. The van der Waals surface area contributed by atoms with E-state index in [0.29, 0.717) is 17.9 Å². The number of aromatic nitrogens is 1. The van der Waals surface area contributed by atoms with E-state index in [1.165, 1.54) is 12.1 Å². The molecule has 116 valence electrons. The molecule has 1 fully saturated rings. The molecule has 1 amide bonds. The van der Waals surface area contributed by atoms with Crippen molar-refractivity contribution in [2.75, 3.05) is 6.54 Å². The molecule has 6 heteroatoms. The molecule has 2 aromatic rings. The predicted molar refractivity (Wildman–Crippen MR) is 80.0 cm³/mol. The van der Waals surface area contributed by atoms with Crippen LogP contribution < -0.4 is 0 Å². The molecule has 1 aromatic heterocycles. The summed E-state index contributed by atoms with van der Waals surface area (Å²) in [6.07, 6.45) is 1.94. The molecule has 1 saturated heterocycles. The van der Waals surface area contributed by atoms with E-state index >= 15 is 0 Å². The van der Waals surface area contributed by atoms with Gasteiger partial charge in [-0.2, -0.15) is 0 Å². The lowest BCUT2D eigenvalue weighted by atomic mass is 10.1. The molecule has 1 aliphatic heterocycles. The van der Waals surface area contributed by atoms with Crippen molar-refractivity contribution in [3.63, 3.8) is 0 Å². The van der Waals surface area contributed by atoms with Gasteiger partial charge in [-0.1, -0.05) is 22.8 Å². The fourth-order valence-electron chi connectivity index (χ4n) is 2.83. The Kier molecular flexibility index (Phi) is 4.16. The number of benzene rings is 1. The van der Waals surface area contributed by atoms with E-state index < -0.39 is 5.82 Å². The molecule has 0 radical (unpaired) electrons. The molecule has 0 bridgehead atoms. The maximum absolute atomic E-state index is 13.1. The van der Waals surface area contributed by atoms with E-state index in [2.05, 4.69) is 5.16 Å². The number of hydrogen-bond acceptors (Lipinski definition) is 3. The maximum Gasteiger partial charge on any atom is 0.227 e. The van der Waals surface area contributed by atoms with Crippen molar-refractivity contribution in [2.45, 2.75) is 32.2 Å². The first kappa shape index (κ1) is 15.0. The van der Waals surface area contributed by atoms with Crippen molar-refractivity contribution in [3.05, 3.63) is 52.1 Å². The molecule has 3 rings (SSSR count). The highest BCUT2D eigenvalue weighted by molar-refractivity contribution is 6.31. The Hall–Kier alpha value is -1.88. The minimum absolute atomic E-state index is 0.0370. The molecule has 0 N–H and O–H groups in total. The molecule has 1 atom stereocenters. The zero-order valence-corrected chi connectivity index (χ0v) is 12.9. The molecule has 1 aromatic carbocycles. The van der Waals surface area contributed by atoms with Crippen LogP contribution >= 0.6 is 11.6 Å². The van der Waals surface area contributed by atoms with Gasteiger partial charge in [-0.3, -0.25) is 4.79 Å². The van der Waals surface area contributed by atoms with Crippen LogP contribution in [0.3, 0.4) is 0 Å². The SMILES string of the molecule is Cc1cc(C2CCCN2C(=O)Cc2ccc(F)cc2Cl)on1. The summed E-state index contributed by atoms with van der Waals surface area (Å²) in [5.41, 5.74) is 1.43. The van der Waals surface area contributed by atoms with Gasteiger partial charge in [0.25, 0.3) is 0 Å². The molecule has 2 heterocycles. The lowest BCUT2D eigenvalue weighted by Crippen LogP contribution is -2.31. The Labute approximate surface area is 132 Å². The fraction of sp³-hybridized carbons (Fsp3) is 0.375. The Balaban J connectivity index is 1.76. The van der Waals surface area contributed by atoms with Crippen LogP contribution in [-0.2, 0) is 11.2 Å². The first-order valence-electron chi connectivity index (χ1n) is 7.21. The smallest absolute Gasteiger partial charge is 0.227 e. The topological polar surface area (TPSA) is 46.3 Å². The number of hydrogen-bond donors (Lipinski definition) is 0. The van der Waals surface area contributed by atoms with Crippen LogP contribution in [0.25, 0.3) is 0 Å². The maximum atomic E-state index is 13.1. The molecule has 0 aliphatic carbocycles. The number of likely N-dealkylation sites (tertiary alicyclic amines) is 1. The first-order valence-corrected chi connectivity index (χ1v) is 7.59. The largest absolute Gasteiger partial charge is 0.359 e. The number of nitrogens with zero attached hydrogens (tertiary/aromatic N) is 2. The van der Waals surface area contributed by atoms with Crippen LogP contribution in [0.15, 0.2) is 28.8 Å². The van der Waals surface area contributed by atoms with Gasteiger partial charge < -0.3 is 9.42 Å². The quantitative estimate of drug-likeness (QED) is 0.866. The Bertz CT molecular complexity index is 701. The summed E-state index contributed by atoms with van der Waals surface area (Å²) < 4.78 is 18.4. The first-order chi connectivity index (χ1) is 10.5. The summed E-state index contributed by atoms with van der Waals surface area (Å²) in [6.45, 7) is 2.54. The van der Waals surface area contributed by atoms with Gasteiger partial charge in [-0.15, -0.1) is 0 Å². The molecule has 0 spiro atoms. The van der Waals surface area contributed by atoms with E-state index in [4.69, 9.17) is 16.1 Å². The van der Waals surface area contributed by atoms with E-state index in [1.54, 1.807) is 11.0 Å². The summed E-state index contributed by atoms with van der Waals surface area (Å²) in [5, 5.41) is 4.16. The van der Waals surface area contributed by atoms with Crippen molar-refractivity contribution in [3.8, 4) is 0 Å². The number of amides is 1. The van der Waals surface area contributed by atoms with E-state index in [1.807, 2.05) is 13.0 Å². The van der Waals surface area contributed by atoms with E-state index in [-0.39, 0.29) is 23.4 Å². The normalized spacial score (nSPS) is 18.0. The summed E-state index contributed by atoms with van der Waals surface area (Å²) in [6, 6.07) is 5.88. The van der Waals surface area contributed by atoms with Crippen LogP contribution in [0, 0.1) is 12.7 Å². The second kappa shape index (κ2) is 6.08. The van der Waals surface area contributed by atoms with Crippen LogP contribution in [0.1, 0.15) is 35.9 Å². The minimum Gasteiger partial charge on any atom is -0.359 e. The average Bonchev–Trinajstić information content (AvgIpc) is 3.10. The Morgan fingerprint density at radius 2 is 2.32 bits per heavy atom. The van der Waals surface area contributed by atoms with E-state index in [0.717, 1.165) is 18.5 Å². The molecule has 1 unspecified atom stereocenters. The lowest BCUT2D eigenvalue weighted by Gasteiger charge is -2.23. The van der Waals surface area contributed by atoms with Crippen LogP contribution in [-0.4, -0.2) is 22.5 Å². The number of carbonyl (C=O) groups excluding carboxylic acids is 1. The monoisotopic (exact) mass is 322 g/mol. The van der Waals surface area contributed by atoms with Crippen LogP contribution in [0.4, 0.5) is 4.39 Å². The summed E-state index contributed by atoms with van der Waals surface area (Å²) >= 11 is 6.00. The standard InChI is InChI=1S/C16H16ClFN2O2/c1-10-7-15(22-19-10)14-3-2-6-20(14)16(21)8-11-4-5-12(18)9-13(11)17/h4-5,7,9,14H,2-3,6,8H2,1H3. The Morgan fingerprint density at radius 3 is 3.00 bits per heavy atom. The van der Waals surface area contributed by atoms with Gasteiger partial charge in [0.2, 0.25) is 5.91 Å². The number of rotatable bonds is 3. The van der Waals surface area contributed by atoms with Gasteiger partial charge in [-0.25, -0.2) is 4.39 Å². The third-order valence-electron chi connectivity index (χ3n) is 3.90. The number of aryl methyl sites for hydroxylation is 1.